The third-order valence-electron chi connectivity index (χ3n) is 2.36. The predicted octanol–water partition coefficient (Wildman–Crippen LogP) is 2.22. The minimum Gasteiger partial charge on any atom is -0.405 e. The monoisotopic (exact) mass is 246 g/mol. The normalized spacial score (nSPS) is 17.0. The lowest BCUT2D eigenvalue weighted by Gasteiger charge is -2.29. The molecule has 0 atom stereocenters. The molecule has 2 rings (SSSR count). The van der Waals surface area contributed by atoms with Gasteiger partial charge < -0.3 is 14.4 Å². The molecule has 0 amide bonds. The van der Waals surface area contributed by atoms with Gasteiger partial charge in [0.1, 0.15) is 5.75 Å². The van der Waals surface area contributed by atoms with Gasteiger partial charge >= 0.3 is 6.36 Å². The van der Waals surface area contributed by atoms with Gasteiger partial charge in [-0.2, -0.15) is 0 Å². The Labute approximate surface area is 96.7 Å². The lowest BCUT2D eigenvalue weighted by atomic mass is 10.2. The van der Waals surface area contributed by atoms with Crippen molar-refractivity contribution in [3.63, 3.8) is 0 Å². The maximum Gasteiger partial charge on any atom is 0.573 e. The van der Waals surface area contributed by atoms with E-state index >= 15 is 0 Å². The quantitative estimate of drug-likeness (QED) is 0.798. The topological polar surface area (TPSA) is 21.7 Å². The zero-order valence-electron chi connectivity index (χ0n) is 8.96. The van der Waals surface area contributed by atoms with Crippen LogP contribution in [0.25, 0.3) is 0 Å². The van der Waals surface area contributed by atoms with Crippen LogP contribution in [0, 0.1) is 6.07 Å². The molecule has 17 heavy (non-hydrogen) atoms. The van der Waals surface area contributed by atoms with E-state index < -0.39 is 6.36 Å². The van der Waals surface area contributed by atoms with Gasteiger partial charge in [-0.3, -0.25) is 0 Å². The fraction of sp³-hybridized carbons (Fsp3) is 0.455. The van der Waals surface area contributed by atoms with Crippen LogP contribution in [0.15, 0.2) is 18.2 Å². The zero-order valence-corrected chi connectivity index (χ0v) is 8.96. The summed E-state index contributed by atoms with van der Waals surface area (Å²) >= 11 is 0. The van der Waals surface area contributed by atoms with E-state index in [-0.39, 0.29) is 5.75 Å². The molecule has 0 spiro atoms. The Bertz CT molecular complexity index is 375. The minimum absolute atomic E-state index is 0.318. The highest BCUT2D eigenvalue weighted by molar-refractivity contribution is 5.50. The number of alkyl halides is 3. The number of nitrogens with zero attached hydrogens (tertiary/aromatic N) is 1. The van der Waals surface area contributed by atoms with Crippen molar-refractivity contribution in [1.82, 2.24) is 0 Å². The lowest BCUT2D eigenvalue weighted by molar-refractivity contribution is -0.274. The van der Waals surface area contributed by atoms with Gasteiger partial charge in [0.05, 0.1) is 13.2 Å². The van der Waals surface area contributed by atoms with Crippen LogP contribution in [0.2, 0.25) is 0 Å². The molecule has 0 N–H and O–H groups in total. The second-order valence-electron chi connectivity index (χ2n) is 3.56. The summed E-state index contributed by atoms with van der Waals surface area (Å²) in [4.78, 5) is 1.95. The fourth-order valence-corrected chi connectivity index (χ4v) is 1.64. The van der Waals surface area contributed by atoms with Crippen LogP contribution in [-0.2, 0) is 4.74 Å². The van der Waals surface area contributed by atoms with Crippen LogP contribution in [-0.4, -0.2) is 32.7 Å². The Hall–Kier alpha value is -1.43. The molecule has 0 saturated carbocycles. The van der Waals surface area contributed by atoms with Gasteiger partial charge in [-0.1, -0.05) is 0 Å². The zero-order chi connectivity index (χ0) is 12.3. The van der Waals surface area contributed by atoms with Crippen molar-refractivity contribution >= 4 is 5.69 Å². The molecule has 3 nitrogen and oxygen atoms in total. The van der Waals surface area contributed by atoms with Crippen LogP contribution in [0.5, 0.6) is 5.75 Å². The summed E-state index contributed by atoms with van der Waals surface area (Å²) < 4.78 is 45.1. The number of morpholine rings is 1. The number of anilines is 1. The van der Waals surface area contributed by atoms with Gasteiger partial charge in [0.2, 0.25) is 0 Å². The van der Waals surface area contributed by atoms with Crippen LogP contribution in [0.4, 0.5) is 18.9 Å². The summed E-state index contributed by atoms with van der Waals surface area (Å²) in [5.41, 5.74) is 0.686. The smallest absolute Gasteiger partial charge is 0.405 e. The number of hydrogen-bond donors (Lipinski definition) is 0. The Kier molecular flexibility index (Phi) is 3.42. The third-order valence-corrected chi connectivity index (χ3v) is 2.36. The highest BCUT2D eigenvalue weighted by Gasteiger charge is 2.31. The van der Waals surface area contributed by atoms with Crippen molar-refractivity contribution in [3.8, 4) is 5.75 Å². The van der Waals surface area contributed by atoms with Crippen molar-refractivity contribution in [2.45, 2.75) is 6.36 Å². The molecule has 1 heterocycles. The largest absolute Gasteiger partial charge is 0.573 e. The lowest BCUT2D eigenvalue weighted by Crippen LogP contribution is -2.36. The van der Waals surface area contributed by atoms with Crippen LogP contribution >= 0.6 is 0 Å². The molecule has 1 aromatic carbocycles. The molecule has 1 aliphatic heterocycles. The average molecular weight is 246 g/mol. The van der Waals surface area contributed by atoms with Crippen LogP contribution < -0.4 is 9.64 Å². The fourth-order valence-electron chi connectivity index (χ4n) is 1.64. The molecule has 0 unspecified atom stereocenters. The van der Waals surface area contributed by atoms with Crippen molar-refractivity contribution in [2.75, 3.05) is 31.2 Å². The highest BCUT2D eigenvalue weighted by atomic mass is 19.4. The predicted molar refractivity (Wildman–Crippen MR) is 55.0 cm³/mol. The average Bonchev–Trinajstić information content (AvgIpc) is 2.28. The van der Waals surface area contributed by atoms with E-state index in [1.165, 1.54) is 12.1 Å². The number of benzene rings is 1. The third kappa shape index (κ3) is 3.52. The maximum absolute atomic E-state index is 12.0. The summed E-state index contributed by atoms with van der Waals surface area (Å²) in [7, 11) is 0. The molecule has 1 radical (unpaired) electrons. The van der Waals surface area contributed by atoms with Crippen molar-refractivity contribution in [3.05, 3.63) is 24.3 Å². The molecule has 6 heteroatoms. The number of hydrogen-bond acceptors (Lipinski definition) is 3. The van der Waals surface area contributed by atoms with Crippen LogP contribution in [0.3, 0.4) is 0 Å². The number of ether oxygens (including phenoxy) is 2. The molecular weight excluding hydrogens is 235 g/mol. The van der Waals surface area contributed by atoms with Crippen LogP contribution in [0.1, 0.15) is 0 Å². The van der Waals surface area contributed by atoms with E-state index in [2.05, 4.69) is 10.8 Å². The summed E-state index contributed by atoms with van der Waals surface area (Å²) in [5.74, 6) is -0.318. The van der Waals surface area contributed by atoms with Gasteiger partial charge in [-0.15, -0.1) is 13.2 Å². The van der Waals surface area contributed by atoms with E-state index in [4.69, 9.17) is 4.74 Å². The molecule has 0 aliphatic carbocycles. The Balaban J connectivity index is 2.10. The van der Waals surface area contributed by atoms with Gasteiger partial charge in [0.15, 0.2) is 0 Å². The Morgan fingerprint density at radius 2 is 2.00 bits per heavy atom. The summed E-state index contributed by atoms with van der Waals surface area (Å²) in [6.07, 6.45) is -4.68. The first-order valence-corrected chi connectivity index (χ1v) is 5.15. The summed E-state index contributed by atoms with van der Waals surface area (Å²) in [6.45, 7) is 2.48. The van der Waals surface area contributed by atoms with E-state index in [0.717, 1.165) is 0 Å². The van der Waals surface area contributed by atoms with Gasteiger partial charge in [0.25, 0.3) is 0 Å². The van der Waals surface area contributed by atoms with E-state index in [1.54, 1.807) is 6.07 Å². The molecule has 1 fully saturated rings. The Morgan fingerprint density at radius 1 is 1.29 bits per heavy atom. The molecule has 1 saturated heterocycles. The summed E-state index contributed by atoms with van der Waals surface area (Å²) in [6, 6.07) is 6.86. The molecular formula is C11H11F3NO2. The SMILES string of the molecule is FC(F)(F)Oc1[c]ccc(N2CCOCC2)c1. The molecule has 0 aromatic heterocycles. The maximum atomic E-state index is 12.0. The minimum atomic E-state index is -4.68. The Morgan fingerprint density at radius 3 is 2.65 bits per heavy atom. The second kappa shape index (κ2) is 4.83. The first-order valence-electron chi connectivity index (χ1n) is 5.15. The van der Waals surface area contributed by atoms with Crippen molar-refractivity contribution in [2.24, 2.45) is 0 Å². The first-order chi connectivity index (χ1) is 8.04. The number of rotatable bonds is 2. The van der Waals surface area contributed by atoms with Crippen molar-refractivity contribution < 1.29 is 22.6 Å². The summed E-state index contributed by atoms with van der Waals surface area (Å²) in [5, 5.41) is 0. The van der Waals surface area contributed by atoms with Gasteiger partial charge in [0, 0.05) is 30.9 Å². The standard InChI is InChI=1S/C11H11F3NO2/c12-11(13,14)17-10-3-1-2-9(8-10)15-4-6-16-7-5-15/h1-2,8H,4-7H2. The molecule has 1 aromatic rings. The second-order valence-corrected chi connectivity index (χ2v) is 3.56. The molecule has 93 valence electrons. The highest BCUT2D eigenvalue weighted by Crippen LogP contribution is 2.26. The van der Waals surface area contributed by atoms with Gasteiger partial charge in [-0.25, -0.2) is 0 Å². The van der Waals surface area contributed by atoms with Crippen molar-refractivity contribution in [1.29, 1.82) is 0 Å². The van der Waals surface area contributed by atoms with E-state index in [9.17, 15) is 13.2 Å². The molecule has 1 aliphatic rings. The van der Waals surface area contributed by atoms with Gasteiger partial charge in [-0.05, 0) is 12.1 Å². The number of halogens is 3. The van der Waals surface area contributed by atoms with E-state index in [1.807, 2.05) is 4.90 Å². The van der Waals surface area contributed by atoms with E-state index in [0.29, 0.717) is 32.0 Å². The molecule has 0 bridgehead atoms. The first kappa shape index (κ1) is 12.0.